The lowest BCUT2D eigenvalue weighted by Crippen LogP contribution is -2.38. The standard InChI is InChI=1S/C11H19N/c1-4-10(3)12-11-7-5-6-9(2)8-11/h1,9-12H,5-8H2,2-3H3. The van der Waals surface area contributed by atoms with E-state index in [0.29, 0.717) is 6.04 Å². The van der Waals surface area contributed by atoms with Crippen LogP contribution in [0.1, 0.15) is 39.5 Å². The van der Waals surface area contributed by atoms with Crippen LogP contribution in [0, 0.1) is 18.3 Å². The van der Waals surface area contributed by atoms with E-state index in [9.17, 15) is 0 Å². The first-order chi connectivity index (χ1) is 5.72. The van der Waals surface area contributed by atoms with Crippen LogP contribution in [0.5, 0.6) is 0 Å². The summed E-state index contributed by atoms with van der Waals surface area (Å²) in [6, 6.07) is 0.903. The Morgan fingerprint density at radius 3 is 2.83 bits per heavy atom. The van der Waals surface area contributed by atoms with Crippen molar-refractivity contribution in [2.45, 2.75) is 51.6 Å². The molecule has 0 bridgehead atoms. The second-order valence-corrected chi connectivity index (χ2v) is 4.02. The molecule has 12 heavy (non-hydrogen) atoms. The van der Waals surface area contributed by atoms with Gasteiger partial charge < -0.3 is 5.32 Å². The van der Waals surface area contributed by atoms with E-state index in [1.54, 1.807) is 0 Å². The molecular weight excluding hydrogens is 146 g/mol. The van der Waals surface area contributed by atoms with Crippen LogP contribution in [-0.4, -0.2) is 12.1 Å². The first kappa shape index (κ1) is 9.61. The Labute approximate surface area is 75.9 Å². The Morgan fingerprint density at radius 1 is 1.50 bits per heavy atom. The second-order valence-electron chi connectivity index (χ2n) is 4.02. The molecule has 0 radical (unpaired) electrons. The summed E-state index contributed by atoms with van der Waals surface area (Å²) >= 11 is 0. The highest BCUT2D eigenvalue weighted by molar-refractivity contribution is 4.97. The third-order valence-corrected chi connectivity index (χ3v) is 2.67. The number of terminal acetylenes is 1. The smallest absolute Gasteiger partial charge is 0.0660 e. The van der Waals surface area contributed by atoms with E-state index in [4.69, 9.17) is 6.42 Å². The molecule has 1 nitrogen and oxygen atoms in total. The molecule has 1 fully saturated rings. The molecule has 1 aliphatic carbocycles. The van der Waals surface area contributed by atoms with Gasteiger partial charge in [-0.2, -0.15) is 0 Å². The molecule has 1 N–H and O–H groups in total. The van der Waals surface area contributed by atoms with E-state index in [2.05, 4.69) is 25.1 Å². The number of hydrogen-bond donors (Lipinski definition) is 1. The zero-order valence-corrected chi connectivity index (χ0v) is 8.14. The molecule has 1 heteroatoms. The van der Waals surface area contributed by atoms with Gasteiger partial charge >= 0.3 is 0 Å². The van der Waals surface area contributed by atoms with Crippen LogP contribution in [0.3, 0.4) is 0 Å². The van der Waals surface area contributed by atoms with E-state index in [0.717, 1.165) is 5.92 Å². The first-order valence-electron chi connectivity index (χ1n) is 4.94. The fourth-order valence-corrected chi connectivity index (χ4v) is 1.99. The summed E-state index contributed by atoms with van der Waals surface area (Å²) in [5.74, 6) is 3.59. The minimum atomic E-state index is 0.236. The molecule has 0 aromatic rings. The van der Waals surface area contributed by atoms with Gasteiger partial charge in [-0.1, -0.05) is 25.7 Å². The van der Waals surface area contributed by atoms with Crippen molar-refractivity contribution < 1.29 is 0 Å². The Morgan fingerprint density at radius 2 is 2.25 bits per heavy atom. The van der Waals surface area contributed by atoms with Crippen LogP contribution in [0.25, 0.3) is 0 Å². The van der Waals surface area contributed by atoms with E-state index in [-0.39, 0.29) is 6.04 Å². The van der Waals surface area contributed by atoms with Gasteiger partial charge in [-0.15, -0.1) is 6.42 Å². The molecule has 3 atom stereocenters. The van der Waals surface area contributed by atoms with Crippen LogP contribution in [-0.2, 0) is 0 Å². The van der Waals surface area contributed by atoms with Crippen LogP contribution < -0.4 is 5.32 Å². The summed E-state index contributed by atoms with van der Waals surface area (Å²) in [7, 11) is 0. The molecule has 0 spiro atoms. The molecule has 0 saturated heterocycles. The largest absolute Gasteiger partial charge is 0.301 e. The van der Waals surface area contributed by atoms with E-state index >= 15 is 0 Å². The minimum absolute atomic E-state index is 0.236. The molecule has 1 rings (SSSR count). The molecule has 0 aromatic heterocycles. The predicted octanol–water partition coefficient (Wildman–Crippen LogP) is 2.18. The average molecular weight is 165 g/mol. The molecule has 1 saturated carbocycles. The quantitative estimate of drug-likeness (QED) is 0.618. The molecule has 0 aromatic carbocycles. The van der Waals surface area contributed by atoms with Gasteiger partial charge in [0, 0.05) is 6.04 Å². The summed E-state index contributed by atoms with van der Waals surface area (Å²) in [6.45, 7) is 4.38. The zero-order chi connectivity index (χ0) is 8.97. The highest BCUT2D eigenvalue weighted by Crippen LogP contribution is 2.23. The van der Waals surface area contributed by atoms with Crippen LogP contribution in [0.2, 0.25) is 0 Å². The molecular formula is C11H19N. The van der Waals surface area contributed by atoms with Crippen LogP contribution in [0.15, 0.2) is 0 Å². The summed E-state index contributed by atoms with van der Waals surface area (Å²) in [6.07, 6.45) is 10.7. The fraction of sp³-hybridized carbons (Fsp3) is 0.818. The SMILES string of the molecule is C#CC(C)NC1CCCC(C)C1. The molecule has 0 amide bonds. The van der Waals surface area contributed by atoms with Crippen molar-refractivity contribution in [3.05, 3.63) is 0 Å². The maximum absolute atomic E-state index is 5.31. The van der Waals surface area contributed by atoms with Crippen molar-refractivity contribution in [1.82, 2.24) is 5.32 Å². The fourth-order valence-electron chi connectivity index (χ4n) is 1.99. The monoisotopic (exact) mass is 165 g/mol. The maximum Gasteiger partial charge on any atom is 0.0660 e. The van der Waals surface area contributed by atoms with Crippen molar-refractivity contribution in [1.29, 1.82) is 0 Å². The normalized spacial score (nSPS) is 32.4. The predicted molar refractivity (Wildman–Crippen MR) is 52.9 cm³/mol. The van der Waals surface area contributed by atoms with Gasteiger partial charge in [-0.25, -0.2) is 0 Å². The van der Waals surface area contributed by atoms with Crippen LogP contribution >= 0.6 is 0 Å². The van der Waals surface area contributed by atoms with Crippen molar-refractivity contribution in [2.75, 3.05) is 0 Å². The van der Waals surface area contributed by atoms with Crippen molar-refractivity contribution in [2.24, 2.45) is 5.92 Å². The lowest BCUT2D eigenvalue weighted by molar-refractivity contribution is 0.296. The van der Waals surface area contributed by atoms with Crippen molar-refractivity contribution in [3.8, 4) is 12.3 Å². The molecule has 1 aliphatic rings. The third kappa shape index (κ3) is 2.87. The lowest BCUT2D eigenvalue weighted by atomic mass is 9.87. The molecule has 0 heterocycles. The highest BCUT2D eigenvalue weighted by atomic mass is 14.9. The van der Waals surface area contributed by atoms with E-state index in [1.165, 1.54) is 25.7 Å². The third-order valence-electron chi connectivity index (χ3n) is 2.67. The van der Waals surface area contributed by atoms with Crippen molar-refractivity contribution >= 4 is 0 Å². The summed E-state index contributed by atoms with van der Waals surface area (Å²) in [5, 5.41) is 3.46. The first-order valence-corrected chi connectivity index (χ1v) is 4.94. The topological polar surface area (TPSA) is 12.0 Å². The van der Waals surface area contributed by atoms with E-state index in [1.807, 2.05) is 0 Å². The molecule has 3 unspecified atom stereocenters. The summed E-state index contributed by atoms with van der Waals surface area (Å²) in [5.41, 5.74) is 0. The molecule has 68 valence electrons. The lowest BCUT2D eigenvalue weighted by Gasteiger charge is -2.28. The Kier molecular flexibility index (Phi) is 3.62. The number of rotatable bonds is 2. The minimum Gasteiger partial charge on any atom is -0.301 e. The van der Waals surface area contributed by atoms with Gasteiger partial charge in [0.25, 0.3) is 0 Å². The molecule has 0 aliphatic heterocycles. The van der Waals surface area contributed by atoms with Gasteiger partial charge in [0.1, 0.15) is 0 Å². The second kappa shape index (κ2) is 4.52. The highest BCUT2D eigenvalue weighted by Gasteiger charge is 2.18. The Hall–Kier alpha value is -0.480. The average Bonchev–Trinajstić information content (AvgIpc) is 2.04. The van der Waals surface area contributed by atoms with Crippen LogP contribution in [0.4, 0.5) is 0 Å². The number of nitrogens with one attached hydrogen (secondary N) is 1. The van der Waals surface area contributed by atoms with E-state index < -0.39 is 0 Å². The summed E-state index contributed by atoms with van der Waals surface area (Å²) in [4.78, 5) is 0. The van der Waals surface area contributed by atoms with Crippen molar-refractivity contribution in [3.63, 3.8) is 0 Å². The number of hydrogen-bond acceptors (Lipinski definition) is 1. The maximum atomic E-state index is 5.31. The van der Waals surface area contributed by atoms with Gasteiger partial charge in [0.2, 0.25) is 0 Å². The van der Waals surface area contributed by atoms with Gasteiger partial charge in [0.05, 0.1) is 6.04 Å². The Balaban J connectivity index is 2.28. The van der Waals surface area contributed by atoms with Gasteiger partial charge in [-0.05, 0) is 25.7 Å². The summed E-state index contributed by atoms with van der Waals surface area (Å²) < 4.78 is 0. The van der Waals surface area contributed by atoms with Gasteiger partial charge in [-0.3, -0.25) is 0 Å². The Bertz CT molecular complexity index is 168. The van der Waals surface area contributed by atoms with Gasteiger partial charge in [0.15, 0.2) is 0 Å². The zero-order valence-electron chi connectivity index (χ0n) is 8.14.